The van der Waals surface area contributed by atoms with Crippen LogP contribution in [0.25, 0.3) is 0 Å². The Hall–Kier alpha value is -2.13. The Balaban J connectivity index is 1.59. The number of benzene rings is 2. The molecule has 1 saturated carbocycles. The zero-order valence-corrected chi connectivity index (χ0v) is 14.7. The van der Waals surface area contributed by atoms with Crippen LogP contribution in [0.4, 0.5) is 0 Å². The molecule has 2 aromatic rings. The topological polar surface area (TPSA) is 29.3 Å². The molecule has 1 unspecified atom stereocenters. The molecule has 3 heteroatoms. The van der Waals surface area contributed by atoms with Gasteiger partial charge < -0.3 is 4.74 Å². The number of ether oxygens (including phenoxy) is 1. The first kappa shape index (κ1) is 16.3. The molecule has 1 heterocycles. The van der Waals surface area contributed by atoms with Crippen molar-refractivity contribution in [2.45, 2.75) is 50.2 Å². The summed E-state index contributed by atoms with van der Waals surface area (Å²) in [7, 11) is 1.65. The van der Waals surface area contributed by atoms with E-state index in [1.54, 1.807) is 7.11 Å². The standard InChI is InChI=1S/C22H25NO2/c1-25-19-14-12-17(13-15-19)22(24)21-20(16-8-4-2-5-9-16)23(21)18-10-6-3-7-11-18/h2,4-5,8-9,12-15,18,20-21H,3,6-7,10-11H2,1H3/t20-,21-,23?/m1/s1. The summed E-state index contributed by atoms with van der Waals surface area (Å²) in [5, 5.41) is 0. The third kappa shape index (κ3) is 3.21. The highest BCUT2D eigenvalue weighted by Crippen LogP contribution is 2.49. The first-order valence-corrected chi connectivity index (χ1v) is 9.30. The molecule has 2 aromatic carbocycles. The summed E-state index contributed by atoms with van der Waals surface area (Å²) in [6.45, 7) is 0. The van der Waals surface area contributed by atoms with Crippen LogP contribution in [0, 0.1) is 0 Å². The average molecular weight is 335 g/mol. The highest BCUT2D eigenvalue weighted by atomic mass is 16.5. The molecular weight excluding hydrogens is 310 g/mol. The molecule has 2 fully saturated rings. The van der Waals surface area contributed by atoms with Gasteiger partial charge in [-0.3, -0.25) is 9.69 Å². The van der Waals surface area contributed by atoms with Crippen LogP contribution in [0.2, 0.25) is 0 Å². The molecular formula is C22H25NO2. The summed E-state index contributed by atoms with van der Waals surface area (Å²) in [4.78, 5) is 15.6. The fourth-order valence-corrected chi connectivity index (χ4v) is 4.29. The van der Waals surface area contributed by atoms with E-state index in [2.05, 4.69) is 29.2 Å². The minimum absolute atomic E-state index is 0.0149. The van der Waals surface area contributed by atoms with Gasteiger partial charge in [-0.2, -0.15) is 0 Å². The van der Waals surface area contributed by atoms with E-state index in [-0.39, 0.29) is 17.9 Å². The molecule has 3 atom stereocenters. The van der Waals surface area contributed by atoms with Gasteiger partial charge >= 0.3 is 0 Å². The van der Waals surface area contributed by atoms with Gasteiger partial charge in [0.05, 0.1) is 19.2 Å². The maximum Gasteiger partial charge on any atom is 0.181 e. The van der Waals surface area contributed by atoms with Gasteiger partial charge in [0.25, 0.3) is 0 Å². The largest absolute Gasteiger partial charge is 0.497 e. The van der Waals surface area contributed by atoms with Crippen molar-refractivity contribution in [3.63, 3.8) is 0 Å². The maximum atomic E-state index is 13.2. The van der Waals surface area contributed by atoms with Crippen molar-refractivity contribution in [1.82, 2.24) is 4.90 Å². The van der Waals surface area contributed by atoms with Gasteiger partial charge in [0.2, 0.25) is 0 Å². The van der Waals surface area contributed by atoms with E-state index in [1.165, 1.54) is 37.7 Å². The lowest BCUT2D eigenvalue weighted by molar-refractivity contribution is 0.0963. The van der Waals surface area contributed by atoms with Gasteiger partial charge in [-0.1, -0.05) is 49.6 Å². The summed E-state index contributed by atoms with van der Waals surface area (Å²) in [5.41, 5.74) is 2.05. The van der Waals surface area contributed by atoms with Crippen LogP contribution < -0.4 is 4.74 Å². The van der Waals surface area contributed by atoms with Crippen LogP contribution >= 0.6 is 0 Å². The molecule has 0 amide bonds. The molecule has 0 bridgehead atoms. The molecule has 0 radical (unpaired) electrons. The minimum atomic E-state index is -0.0149. The number of methoxy groups -OCH3 is 1. The monoisotopic (exact) mass is 335 g/mol. The fourth-order valence-electron chi connectivity index (χ4n) is 4.29. The number of Topliss-reactive ketones (excluding diaryl/α,β-unsaturated/α-hetero) is 1. The van der Waals surface area contributed by atoms with Gasteiger partial charge in [0, 0.05) is 11.6 Å². The number of hydrogen-bond acceptors (Lipinski definition) is 3. The Morgan fingerprint density at radius 3 is 2.28 bits per heavy atom. The fraction of sp³-hybridized carbons (Fsp3) is 0.409. The van der Waals surface area contributed by atoms with Crippen LogP contribution in [0.3, 0.4) is 0 Å². The summed E-state index contributed by atoms with van der Waals surface area (Å²) >= 11 is 0. The minimum Gasteiger partial charge on any atom is -0.497 e. The molecule has 25 heavy (non-hydrogen) atoms. The third-order valence-electron chi connectivity index (χ3n) is 5.63. The van der Waals surface area contributed by atoms with Crippen molar-refractivity contribution < 1.29 is 9.53 Å². The first-order valence-electron chi connectivity index (χ1n) is 9.30. The molecule has 3 nitrogen and oxygen atoms in total. The number of nitrogens with zero attached hydrogens (tertiary/aromatic N) is 1. The van der Waals surface area contributed by atoms with Crippen LogP contribution in [-0.4, -0.2) is 29.9 Å². The number of carbonyl (C=O) groups is 1. The van der Waals surface area contributed by atoms with E-state index >= 15 is 0 Å². The zero-order chi connectivity index (χ0) is 17.2. The summed E-state index contributed by atoms with van der Waals surface area (Å²) in [6, 6.07) is 18.8. The lowest BCUT2D eigenvalue weighted by atomic mass is 9.95. The van der Waals surface area contributed by atoms with Crippen LogP contribution in [0.15, 0.2) is 54.6 Å². The average Bonchev–Trinajstić information content (AvgIpc) is 3.44. The van der Waals surface area contributed by atoms with E-state index in [1.807, 2.05) is 30.3 Å². The quantitative estimate of drug-likeness (QED) is 0.589. The third-order valence-corrected chi connectivity index (χ3v) is 5.63. The highest BCUT2D eigenvalue weighted by molar-refractivity contribution is 6.02. The van der Waals surface area contributed by atoms with Crippen molar-refractivity contribution in [1.29, 1.82) is 0 Å². The molecule has 1 aliphatic carbocycles. The second-order valence-electron chi connectivity index (χ2n) is 7.13. The summed E-state index contributed by atoms with van der Waals surface area (Å²) in [6.07, 6.45) is 6.33. The van der Waals surface area contributed by atoms with Gasteiger partial charge in [-0.05, 0) is 42.7 Å². The van der Waals surface area contributed by atoms with Gasteiger partial charge in [-0.25, -0.2) is 0 Å². The molecule has 4 rings (SSSR count). The predicted octanol–water partition coefficient (Wildman–Crippen LogP) is 4.64. The van der Waals surface area contributed by atoms with Crippen LogP contribution in [0.5, 0.6) is 5.75 Å². The van der Waals surface area contributed by atoms with E-state index in [9.17, 15) is 4.79 Å². The second-order valence-corrected chi connectivity index (χ2v) is 7.13. The van der Waals surface area contributed by atoms with Gasteiger partial charge in [-0.15, -0.1) is 0 Å². The van der Waals surface area contributed by atoms with Crippen molar-refractivity contribution in [2.75, 3.05) is 7.11 Å². The molecule has 130 valence electrons. The zero-order valence-electron chi connectivity index (χ0n) is 14.7. The van der Waals surface area contributed by atoms with Gasteiger partial charge in [0.15, 0.2) is 5.78 Å². The maximum absolute atomic E-state index is 13.2. The molecule has 1 aliphatic heterocycles. The number of rotatable bonds is 5. The molecule has 0 spiro atoms. The second kappa shape index (κ2) is 7.01. The van der Waals surface area contributed by atoms with E-state index in [0.717, 1.165) is 11.3 Å². The first-order chi connectivity index (χ1) is 12.3. The molecule has 0 N–H and O–H groups in total. The predicted molar refractivity (Wildman–Crippen MR) is 99.0 cm³/mol. The van der Waals surface area contributed by atoms with Crippen molar-refractivity contribution in [3.05, 3.63) is 65.7 Å². The van der Waals surface area contributed by atoms with Crippen molar-refractivity contribution >= 4 is 5.78 Å². The van der Waals surface area contributed by atoms with E-state index < -0.39 is 0 Å². The lowest BCUT2D eigenvalue weighted by Crippen LogP contribution is -2.26. The molecule has 2 aliphatic rings. The summed E-state index contributed by atoms with van der Waals surface area (Å²) in [5.74, 6) is 1.03. The molecule has 0 aromatic heterocycles. The number of carbonyl (C=O) groups excluding carboxylic acids is 1. The van der Waals surface area contributed by atoms with Crippen molar-refractivity contribution in [3.8, 4) is 5.75 Å². The Morgan fingerprint density at radius 1 is 0.960 bits per heavy atom. The number of hydrogen-bond donors (Lipinski definition) is 0. The Kier molecular flexibility index (Phi) is 4.58. The van der Waals surface area contributed by atoms with Crippen LogP contribution in [-0.2, 0) is 0 Å². The van der Waals surface area contributed by atoms with Gasteiger partial charge in [0.1, 0.15) is 5.75 Å². The highest BCUT2D eigenvalue weighted by Gasteiger charge is 2.55. The Morgan fingerprint density at radius 2 is 1.64 bits per heavy atom. The van der Waals surface area contributed by atoms with E-state index in [0.29, 0.717) is 6.04 Å². The Labute approximate surface area is 149 Å². The lowest BCUT2D eigenvalue weighted by Gasteiger charge is -2.24. The Bertz CT molecular complexity index is 719. The van der Waals surface area contributed by atoms with E-state index in [4.69, 9.17) is 4.74 Å². The van der Waals surface area contributed by atoms with Crippen LogP contribution in [0.1, 0.15) is 54.1 Å². The SMILES string of the molecule is COc1ccc(C(=O)[C@H]2[C@@H](c3ccccc3)N2C2CCCCC2)cc1. The van der Waals surface area contributed by atoms with Crippen molar-refractivity contribution in [2.24, 2.45) is 0 Å². The number of ketones is 1. The smallest absolute Gasteiger partial charge is 0.181 e. The summed E-state index contributed by atoms with van der Waals surface area (Å²) < 4.78 is 5.21. The molecule has 1 saturated heterocycles. The normalized spacial score (nSPS) is 26.2.